The van der Waals surface area contributed by atoms with E-state index in [1.807, 2.05) is 0 Å². The van der Waals surface area contributed by atoms with Crippen molar-refractivity contribution in [3.05, 3.63) is 24.0 Å². The zero-order chi connectivity index (χ0) is 19.9. The third kappa shape index (κ3) is 4.51. The molecule has 2 rings (SSSR count). The van der Waals surface area contributed by atoms with Crippen molar-refractivity contribution in [1.29, 1.82) is 0 Å². The lowest BCUT2D eigenvalue weighted by Gasteiger charge is -2.20. The van der Waals surface area contributed by atoms with E-state index in [2.05, 4.69) is 4.98 Å². The number of halogens is 3. The highest BCUT2D eigenvalue weighted by Crippen LogP contribution is 2.26. The number of benzene rings is 1. The third-order valence-corrected chi connectivity index (χ3v) is 3.61. The van der Waals surface area contributed by atoms with Crippen molar-refractivity contribution in [2.45, 2.75) is 38.6 Å². The van der Waals surface area contributed by atoms with Gasteiger partial charge in [-0.05, 0) is 32.0 Å². The summed E-state index contributed by atoms with van der Waals surface area (Å²) in [5.74, 6) is -2.03. The topological polar surface area (TPSA) is 101 Å². The van der Waals surface area contributed by atoms with Crippen molar-refractivity contribution in [2.75, 3.05) is 11.9 Å². The van der Waals surface area contributed by atoms with Crippen LogP contribution in [0.4, 0.5) is 18.9 Å². The number of hydrogen-bond donors (Lipinski definition) is 2. The van der Waals surface area contributed by atoms with Crippen LogP contribution >= 0.6 is 0 Å². The number of fused-ring (bicyclic) bond motifs is 1. The summed E-state index contributed by atoms with van der Waals surface area (Å²) in [5.41, 5.74) is 5.08. The zero-order valence-corrected chi connectivity index (χ0v) is 14.5. The molecule has 2 amide bonds. The van der Waals surface area contributed by atoms with E-state index in [-0.39, 0.29) is 23.6 Å². The van der Waals surface area contributed by atoms with Crippen LogP contribution in [0.25, 0.3) is 11.0 Å². The molecule has 0 saturated carbocycles. The number of alkyl halides is 3. The van der Waals surface area contributed by atoms with Gasteiger partial charge in [0.15, 0.2) is 5.82 Å². The quantitative estimate of drug-likeness (QED) is 0.836. The molecule has 0 atom stereocenters. The molecule has 10 heteroatoms. The highest BCUT2D eigenvalue weighted by Gasteiger charge is 2.33. The first-order valence-electron chi connectivity index (χ1n) is 7.64. The van der Waals surface area contributed by atoms with Crippen LogP contribution in [-0.2, 0) is 11.3 Å². The summed E-state index contributed by atoms with van der Waals surface area (Å²) >= 11 is 0. The van der Waals surface area contributed by atoms with Crippen LogP contribution in [0.2, 0.25) is 0 Å². The first kappa shape index (κ1) is 19.7. The number of rotatable bonds is 5. The van der Waals surface area contributed by atoms with Crippen molar-refractivity contribution < 1.29 is 27.9 Å². The van der Waals surface area contributed by atoms with E-state index in [0.29, 0.717) is 5.52 Å². The summed E-state index contributed by atoms with van der Waals surface area (Å²) in [6.07, 6.45) is -6.19. The average molecular weight is 372 g/mol. The van der Waals surface area contributed by atoms with Crippen molar-refractivity contribution >= 4 is 28.5 Å². The Bertz CT molecular complexity index is 853. The van der Waals surface area contributed by atoms with Crippen LogP contribution in [0.1, 0.15) is 30.9 Å². The van der Waals surface area contributed by atoms with Gasteiger partial charge in [0.2, 0.25) is 5.91 Å². The molecular formula is C16H19F3N4O3. The molecule has 0 unspecified atom stereocenters. The largest absolute Gasteiger partial charge is 0.397 e. The molecule has 0 saturated heterocycles. The lowest BCUT2D eigenvalue weighted by atomic mass is 10.1. The molecule has 0 aliphatic carbocycles. The predicted molar refractivity (Wildman–Crippen MR) is 88.6 cm³/mol. The number of imidazole rings is 1. The lowest BCUT2D eigenvalue weighted by Crippen LogP contribution is -2.30. The number of aliphatic hydroxyl groups is 1. The van der Waals surface area contributed by atoms with Gasteiger partial charge in [0.05, 0.1) is 23.2 Å². The number of carbonyl (C=O) groups excluding carboxylic acids is 2. The highest BCUT2D eigenvalue weighted by atomic mass is 19.4. The molecule has 0 spiro atoms. The van der Waals surface area contributed by atoms with Gasteiger partial charge in [0.1, 0.15) is 6.42 Å². The van der Waals surface area contributed by atoms with E-state index >= 15 is 0 Å². The van der Waals surface area contributed by atoms with Crippen LogP contribution in [-0.4, -0.2) is 45.3 Å². The maximum Gasteiger partial charge on any atom is 0.397 e. The van der Waals surface area contributed by atoms with Crippen LogP contribution in [0.5, 0.6) is 0 Å². The van der Waals surface area contributed by atoms with Gasteiger partial charge in [-0.25, -0.2) is 4.98 Å². The molecule has 3 N–H and O–H groups in total. The number of anilines is 1. The molecule has 0 aliphatic heterocycles. The number of amides is 2. The van der Waals surface area contributed by atoms with Gasteiger partial charge in [-0.2, -0.15) is 13.2 Å². The molecule has 2 aromatic rings. The van der Waals surface area contributed by atoms with Crippen molar-refractivity contribution in [2.24, 2.45) is 5.73 Å². The Labute approximate surface area is 147 Å². The van der Waals surface area contributed by atoms with Crippen LogP contribution in [0.15, 0.2) is 18.2 Å². The van der Waals surface area contributed by atoms with E-state index in [0.717, 1.165) is 4.90 Å². The summed E-state index contributed by atoms with van der Waals surface area (Å²) in [6.45, 7) is 3.12. The summed E-state index contributed by atoms with van der Waals surface area (Å²) in [5, 5.41) is 10.0. The molecule has 1 aromatic heterocycles. The maximum absolute atomic E-state index is 12.4. The van der Waals surface area contributed by atoms with Crippen molar-refractivity contribution in [3.63, 3.8) is 0 Å². The van der Waals surface area contributed by atoms with Gasteiger partial charge < -0.3 is 20.3 Å². The van der Waals surface area contributed by atoms with Crippen molar-refractivity contribution in [1.82, 2.24) is 9.55 Å². The Kier molecular flexibility index (Phi) is 5.00. The van der Waals surface area contributed by atoms with Crippen molar-refractivity contribution in [3.8, 4) is 0 Å². The SMILES string of the molecule is CN(C(=O)CC(F)(F)F)c1ccc2c(c1)nc(C(N)=O)n2CC(C)(C)O. The summed E-state index contributed by atoms with van der Waals surface area (Å²) in [7, 11) is 1.22. The Hall–Kier alpha value is -2.62. The van der Waals surface area contributed by atoms with Crippen LogP contribution in [0, 0.1) is 0 Å². The molecule has 0 radical (unpaired) electrons. The molecule has 0 bridgehead atoms. The third-order valence-electron chi connectivity index (χ3n) is 3.61. The Morgan fingerprint density at radius 1 is 1.31 bits per heavy atom. The highest BCUT2D eigenvalue weighted by molar-refractivity contribution is 5.97. The molecule has 0 fully saturated rings. The monoisotopic (exact) mass is 372 g/mol. The average Bonchev–Trinajstić information content (AvgIpc) is 2.81. The van der Waals surface area contributed by atoms with Crippen LogP contribution in [0.3, 0.4) is 0 Å². The van der Waals surface area contributed by atoms with E-state index in [9.17, 15) is 27.9 Å². The van der Waals surface area contributed by atoms with Gasteiger partial charge in [0, 0.05) is 12.7 Å². The van der Waals surface area contributed by atoms with E-state index in [1.165, 1.54) is 29.8 Å². The molecule has 26 heavy (non-hydrogen) atoms. The maximum atomic E-state index is 12.4. The Morgan fingerprint density at radius 3 is 2.42 bits per heavy atom. The van der Waals surface area contributed by atoms with E-state index in [4.69, 9.17) is 5.73 Å². The summed E-state index contributed by atoms with van der Waals surface area (Å²) in [4.78, 5) is 28.3. The van der Waals surface area contributed by atoms with Gasteiger partial charge in [-0.15, -0.1) is 0 Å². The molecule has 1 heterocycles. The predicted octanol–water partition coefficient (Wildman–Crippen LogP) is 1.82. The molecule has 7 nitrogen and oxygen atoms in total. The Balaban J connectivity index is 2.46. The van der Waals surface area contributed by atoms with E-state index in [1.54, 1.807) is 13.8 Å². The van der Waals surface area contributed by atoms with Crippen LogP contribution < -0.4 is 10.6 Å². The summed E-state index contributed by atoms with van der Waals surface area (Å²) < 4.78 is 38.6. The fraction of sp³-hybridized carbons (Fsp3) is 0.438. The molecule has 1 aromatic carbocycles. The van der Waals surface area contributed by atoms with Gasteiger partial charge in [-0.3, -0.25) is 9.59 Å². The van der Waals surface area contributed by atoms with Gasteiger partial charge >= 0.3 is 6.18 Å². The minimum absolute atomic E-state index is 0.0317. The summed E-state index contributed by atoms with van der Waals surface area (Å²) in [6, 6.07) is 4.33. The second-order valence-electron chi connectivity index (χ2n) is 6.62. The number of carbonyl (C=O) groups is 2. The number of hydrogen-bond acceptors (Lipinski definition) is 4. The smallest absolute Gasteiger partial charge is 0.389 e. The van der Waals surface area contributed by atoms with Gasteiger partial charge in [-0.1, -0.05) is 0 Å². The van der Waals surface area contributed by atoms with Gasteiger partial charge in [0.25, 0.3) is 5.91 Å². The first-order valence-corrected chi connectivity index (χ1v) is 7.64. The minimum Gasteiger partial charge on any atom is -0.389 e. The normalized spacial score (nSPS) is 12.4. The number of aromatic nitrogens is 2. The number of nitrogens with two attached hydrogens (primary N) is 1. The second kappa shape index (κ2) is 6.60. The number of nitrogens with zero attached hydrogens (tertiary/aromatic N) is 3. The zero-order valence-electron chi connectivity index (χ0n) is 14.5. The second-order valence-corrected chi connectivity index (χ2v) is 6.62. The van der Waals surface area contributed by atoms with E-state index < -0.39 is 30.0 Å². The standard InChI is InChI=1S/C16H19F3N4O3/c1-15(2,26)8-23-11-5-4-9(6-10(11)21-14(23)13(20)25)22(3)12(24)7-16(17,18)19/h4-6,26H,7-8H2,1-3H3,(H2,20,25). The Morgan fingerprint density at radius 2 is 1.92 bits per heavy atom. The molecule has 0 aliphatic rings. The number of primary amides is 1. The first-order chi connectivity index (χ1) is 11.8. The molecule has 142 valence electrons. The fourth-order valence-electron chi connectivity index (χ4n) is 2.50. The minimum atomic E-state index is -4.61. The fourth-order valence-corrected chi connectivity index (χ4v) is 2.50. The molecular weight excluding hydrogens is 353 g/mol. The lowest BCUT2D eigenvalue weighted by molar-refractivity contribution is -0.151.